The maximum absolute atomic E-state index is 11.8. The second-order valence-corrected chi connectivity index (χ2v) is 5.64. The van der Waals surface area contributed by atoms with Gasteiger partial charge in [-0.3, -0.25) is 4.79 Å². The Kier molecular flexibility index (Phi) is 6.62. The first-order chi connectivity index (χ1) is 11.6. The summed E-state index contributed by atoms with van der Waals surface area (Å²) in [7, 11) is 1.54. The number of carbonyl (C=O) groups excluding carboxylic acids is 1. The van der Waals surface area contributed by atoms with E-state index in [1.807, 2.05) is 6.07 Å². The number of halogens is 1. The summed E-state index contributed by atoms with van der Waals surface area (Å²) in [5, 5.41) is 3.96. The van der Waals surface area contributed by atoms with Gasteiger partial charge in [-0.1, -0.05) is 15.9 Å². The minimum Gasteiger partial charge on any atom is -0.493 e. The number of nitrogens with zero attached hydrogens (tertiary/aromatic N) is 1. The highest BCUT2D eigenvalue weighted by atomic mass is 79.9. The summed E-state index contributed by atoms with van der Waals surface area (Å²) in [4.78, 5) is 11.8. The molecule has 0 spiro atoms. The predicted octanol–water partition coefficient (Wildman–Crippen LogP) is 3.64. The monoisotopic (exact) mass is 392 g/mol. The van der Waals surface area contributed by atoms with Crippen LogP contribution >= 0.6 is 15.9 Å². The molecule has 0 aliphatic rings. The van der Waals surface area contributed by atoms with Gasteiger partial charge in [0, 0.05) is 4.47 Å². The van der Waals surface area contributed by atoms with Gasteiger partial charge in [0.05, 0.1) is 19.1 Å². The molecule has 0 saturated heterocycles. The Morgan fingerprint density at radius 3 is 2.92 bits per heavy atom. The number of benzene rings is 1. The lowest BCUT2D eigenvalue weighted by Crippen LogP contribution is -2.25. The van der Waals surface area contributed by atoms with Crippen molar-refractivity contribution in [1.29, 1.82) is 0 Å². The summed E-state index contributed by atoms with van der Waals surface area (Å²) < 4.78 is 16.7. The number of hydrogen-bond donors (Lipinski definition) is 1. The number of allylic oxidation sites excluding steroid dienone is 1. The Morgan fingerprint density at radius 2 is 2.21 bits per heavy atom. The highest BCUT2D eigenvalue weighted by Crippen LogP contribution is 2.29. The molecule has 1 N–H and O–H groups in total. The van der Waals surface area contributed by atoms with Crippen molar-refractivity contribution in [2.45, 2.75) is 6.92 Å². The number of methoxy groups -OCH3 is 1. The highest BCUT2D eigenvalue weighted by molar-refractivity contribution is 9.10. The third kappa shape index (κ3) is 5.58. The third-order valence-electron chi connectivity index (χ3n) is 2.87. The number of hydrogen-bond acceptors (Lipinski definition) is 5. The molecule has 126 valence electrons. The number of nitrogens with one attached hydrogen (secondary N) is 1. The molecule has 24 heavy (non-hydrogen) atoms. The van der Waals surface area contributed by atoms with E-state index in [4.69, 9.17) is 13.9 Å². The van der Waals surface area contributed by atoms with Crippen molar-refractivity contribution in [3.05, 3.63) is 52.9 Å². The van der Waals surface area contributed by atoms with Crippen molar-refractivity contribution in [2.24, 2.45) is 5.10 Å². The predicted molar refractivity (Wildman–Crippen MR) is 95.2 cm³/mol. The molecule has 7 heteroatoms. The normalized spacial score (nSPS) is 11.5. The van der Waals surface area contributed by atoms with Crippen molar-refractivity contribution in [2.75, 3.05) is 13.7 Å². The van der Waals surface area contributed by atoms with Crippen LogP contribution < -0.4 is 14.9 Å². The first-order valence-electron chi connectivity index (χ1n) is 7.09. The highest BCUT2D eigenvalue weighted by Gasteiger charge is 2.07. The second kappa shape index (κ2) is 8.93. The van der Waals surface area contributed by atoms with Crippen molar-refractivity contribution < 1.29 is 18.7 Å². The zero-order chi connectivity index (χ0) is 17.4. The average Bonchev–Trinajstić information content (AvgIpc) is 3.10. The molecule has 6 nitrogen and oxygen atoms in total. The Bertz CT molecular complexity index is 739. The first kappa shape index (κ1) is 17.8. The fourth-order valence-electron chi connectivity index (χ4n) is 1.71. The lowest BCUT2D eigenvalue weighted by atomic mass is 10.3. The van der Waals surface area contributed by atoms with Gasteiger partial charge in [-0.2, -0.15) is 5.10 Å². The lowest BCUT2D eigenvalue weighted by molar-refractivity contribution is -0.123. The largest absolute Gasteiger partial charge is 0.493 e. The number of hydrazone groups is 1. The SMILES string of the molecule is COc1cc(Br)ccc1OCC(=O)NN=C(C)/C=C/c1ccco1. The van der Waals surface area contributed by atoms with Gasteiger partial charge in [0.25, 0.3) is 5.91 Å². The molecule has 0 atom stereocenters. The van der Waals surface area contributed by atoms with E-state index in [1.165, 1.54) is 7.11 Å². The third-order valence-corrected chi connectivity index (χ3v) is 3.37. The van der Waals surface area contributed by atoms with Crippen LogP contribution in [0.4, 0.5) is 0 Å². The molecule has 0 bridgehead atoms. The minimum absolute atomic E-state index is 0.170. The quantitative estimate of drug-likeness (QED) is 0.576. The van der Waals surface area contributed by atoms with Crippen LogP contribution in [0.5, 0.6) is 11.5 Å². The van der Waals surface area contributed by atoms with Crippen LogP contribution in [0.25, 0.3) is 6.08 Å². The van der Waals surface area contributed by atoms with Gasteiger partial charge in [0.1, 0.15) is 5.76 Å². The fourth-order valence-corrected chi connectivity index (χ4v) is 2.05. The van der Waals surface area contributed by atoms with Crippen LogP contribution in [0.2, 0.25) is 0 Å². The van der Waals surface area contributed by atoms with Crippen LogP contribution in [0.15, 0.2) is 56.7 Å². The lowest BCUT2D eigenvalue weighted by Gasteiger charge is -2.10. The molecular formula is C17H17BrN2O4. The summed E-state index contributed by atoms with van der Waals surface area (Å²) in [5.41, 5.74) is 3.05. The van der Waals surface area contributed by atoms with Crippen LogP contribution in [0.3, 0.4) is 0 Å². The number of furan rings is 1. The Balaban J connectivity index is 1.84. The van der Waals surface area contributed by atoms with Crippen molar-refractivity contribution in [1.82, 2.24) is 5.43 Å². The molecule has 0 unspecified atom stereocenters. The summed E-state index contributed by atoms with van der Waals surface area (Å²) in [6.45, 7) is 1.59. The minimum atomic E-state index is -0.370. The van der Waals surface area contributed by atoms with Gasteiger partial charge in [-0.15, -0.1) is 0 Å². The molecular weight excluding hydrogens is 376 g/mol. The zero-order valence-corrected chi connectivity index (χ0v) is 14.9. The molecule has 0 aliphatic carbocycles. The molecule has 1 aromatic heterocycles. The molecule has 1 amide bonds. The van der Waals surface area contributed by atoms with Crippen LogP contribution in [-0.2, 0) is 4.79 Å². The van der Waals surface area contributed by atoms with E-state index in [0.29, 0.717) is 23.0 Å². The molecule has 1 aromatic carbocycles. The average molecular weight is 393 g/mol. The van der Waals surface area contributed by atoms with E-state index in [-0.39, 0.29) is 12.5 Å². The molecule has 2 aromatic rings. The van der Waals surface area contributed by atoms with Crippen molar-refractivity contribution in [3.8, 4) is 11.5 Å². The molecule has 2 rings (SSSR count). The summed E-state index contributed by atoms with van der Waals surface area (Å²) in [5.74, 6) is 1.36. The molecule has 1 heterocycles. The van der Waals surface area contributed by atoms with E-state index >= 15 is 0 Å². The number of amides is 1. The Labute approximate surface area is 148 Å². The maximum atomic E-state index is 11.8. The smallest absolute Gasteiger partial charge is 0.277 e. The van der Waals surface area contributed by atoms with Gasteiger partial charge >= 0.3 is 0 Å². The first-order valence-corrected chi connectivity index (χ1v) is 7.89. The van der Waals surface area contributed by atoms with E-state index in [0.717, 1.165) is 4.47 Å². The van der Waals surface area contributed by atoms with Crippen molar-refractivity contribution in [3.63, 3.8) is 0 Å². The maximum Gasteiger partial charge on any atom is 0.277 e. The van der Waals surface area contributed by atoms with E-state index in [1.54, 1.807) is 49.6 Å². The van der Waals surface area contributed by atoms with Crippen LogP contribution in [-0.4, -0.2) is 25.3 Å². The van der Waals surface area contributed by atoms with Crippen LogP contribution in [0.1, 0.15) is 12.7 Å². The van der Waals surface area contributed by atoms with Gasteiger partial charge in [0.2, 0.25) is 0 Å². The molecule has 0 fully saturated rings. The number of rotatable bonds is 7. The van der Waals surface area contributed by atoms with Crippen molar-refractivity contribution >= 4 is 33.6 Å². The fraction of sp³-hybridized carbons (Fsp3) is 0.176. The summed E-state index contributed by atoms with van der Waals surface area (Å²) >= 11 is 3.34. The summed E-state index contributed by atoms with van der Waals surface area (Å²) in [6.07, 6.45) is 5.08. The molecule has 0 radical (unpaired) electrons. The van der Waals surface area contributed by atoms with E-state index < -0.39 is 0 Å². The number of ether oxygens (including phenoxy) is 2. The van der Waals surface area contributed by atoms with Gasteiger partial charge in [-0.05, 0) is 49.4 Å². The Hall–Kier alpha value is -2.54. The van der Waals surface area contributed by atoms with Crippen LogP contribution in [0, 0.1) is 0 Å². The summed E-state index contributed by atoms with van der Waals surface area (Å²) in [6, 6.07) is 8.90. The topological polar surface area (TPSA) is 73.1 Å². The van der Waals surface area contributed by atoms with Gasteiger partial charge in [0.15, 0.2) is 18.1 Å². The zero-order valence-electron chi connectivity index (χ0n) is 13.3. The van der Waals surface area contributed by atoms with Gasteiger partial charge in [-0.25, -0.2) is 5.43 Å². The Morgan fingerprint density at radius 1 is 1.38 bits per heavy atom. The molecule has 0 saturated carbocycles. The second-order valence-electron chi connectivity index (χ2n) is 4.72. The standard InChI is InChI=1S/C17H17BrN2O4/c1-12(5-7-14-4-3-9-23-14)19-20-17(21)11-24-15-8-6-13(18)10-16(15)22-2/h3-10H,11H2,1-2H3,(H,20,21)/b7-5+,19-12?. The van der Waals surface area contributed by atoms with Gasteiger partial charge < -0.3 is 13.9 Å². The molecule has 0 aliphatic heterocycles. The van der Waals surface area contributed by atoms with E-state index in [9.17, 15) is 4.79 Å². The van der Waals surface area contributed by atoms with E-state index in [2.05, 4.69) is 26.5 Å². The number of carbonyl (C=O) groups is 1.